The molecule has 29 heavy (non-hydrogen) atoms. The molecule has 3 aliphatic rings. The number of allylic oxidation sites excluding steroid dienone is 3. The standard InChI is InChI=1S/C23H18N3.3Y/c1-2-6-16(7-3-1)14-18-12-13-19-15-21(18)23(19)25-26-24-22-11-5-9-17-8-4-10-20(17)22;;;/h1-7,9-13,15,24H,8,14H2;;;/q-3;;;. The summed E-state index contributed by atoms with van der Waals surface area (Å²) in [6, 6.07) is 17.8. The summed E-state index contributed by atoms with van der Waals surface area (Å²) in [7, 11) is 0. The molecule has 3 nitrogen and oxygen atoms in total. The Morgan fingerprint density at radius 2 is 1.76 bits per heavy atom. The molecule has 6 heteroatoms. The van der Waals surface area contributed by atoms with Crippen molar-refractivity contribution >= 4 is 11.8 Å². The van der Waals surface area contributed by atoms with Gasteiger partial charge in [0.15, 0.2) is 0 Å². The zero-order chi connectivity index (χ0) is 17.3. The zero-order valence-electron chi connectivity index (χ0n) is 16.0. The summed E-state index contributed by atoms with van der Waals surface area (Å²) < 4.78 is 0. The fourth-order valence-electron chi connectivity index (χ4n) is 3.62. The van der Waals surface area contributed by atoms with Crippen molar-refractivity contribution in [2.24, 2.45) is 0 Å². The van der Waals surface area contributed by atoms with E-state index in [1.807, 2.05) is 12.1 Å². The second kappa shape index (κ2) is 11.8. The number of fused-ring (bicyclic) bond motifs is 3. The SMILES string of the molecule is C1=Cc2c(cccc2N[N-][N-][C-]2c3ccc(Cc4ccccc4)c2c3)C1.[Y].[Y].[Y]. The normalized spacial score (nSPS) is 14.8. The van der Waals surface area contributed by atoms with Crippen LogP contribution in [-0.2, 0) is 111 Å². The van der Waals surface area contributed by atoms with Gasteiger partial charge in [-0.25, -0.2) is 6.04 Å². The maximum absolute atomic E-state index is 4.46. The smallest absolute Gasteiger partial charge is 0.0233 e. The number of anilines is 1. The van der Waals surface area contributed by atoms with Crippen molar-refractivity contribution in [1.82, 2.24) is 0 Å². The Balaban J connectivity index is 0.000001000. The van der Waals surface area contributed by atoms with Crippen LogP contribution in [0, 0.1) is 6.04 Å². The molecule has 0 saturated carbocycles. The summed E-state index contributed by atoms with van der Waals surface area (Å²) in [6.07, 6.45) is 12.7. The van der Waals surface area contributed by atoms with Crippen LogP contribution in [0.2, 0.25) is 0 Å². The van der Waals surface area contributed by atoms with E-state index >= 15 is 0 Å². The van der Waals surface area contributed by atoms with Crippen molar-refractivity contribution in [1.29, 1.82) is 0 Å². The first kappa shape index (κ1) is 25.6. The predicted octanol–water partition coefficient (Wildman–Crippen LogP) is 5.82. The van der Waals surface area contributed by atoms with Crippen molar-refractivity contribution in [3.63, 3.8) is 0 Å². The van der Waals surface area contributed by atoms with E-state index in [1.54, 1.807) is 0 Å². The van der Waals surface area contributed by atoms with Gasteiger partial charge in [-0.1, -0.05) is 60.2 Å². The summed E-state index contributed by atoms with van der Waals surface area (Å²) in [5.41, 5.74) is 20.3. The van der Waals surface area contributed by atoms with Gasteiger partial charge in [0.2, 0.25) is 0 Å². The second-order valence-corrected chi connectivity index (χ2v) is 6.68. The van der Waals surface area contributed by atoms with Gasteiger partial charge in [0.25, 0.3) is 0 Å². The van der Waals surface area contributed by atoms with Crippen LogP contribution >= 0.6 is 0 Å². The number of hydrogen-bond donors (Lipinski definition) is 1. The molecule has 0 aliphatic heterocycles. The van der Waals surface area contributed by atoms with Crippen LogP contribution in [0.4, 0.5) is 5.69 Å². The van der Waals surface area contributed by atoms with E-state index in [0.717, 1.165) is 30.1 Å². The Morgan fingerprint density at radius 1 is 0.931 bits per heavy atom. The average Bonchev–Trinajstić information content (AvgIpc) is 3.15. The molecule has 0 saturated heterocycles. The van der Waals surface area contributed by atoms with Crippen LogP contribution in [0.1, 0.15) is 16.7 Å². The molecule has 0 heterocycles. The van der Waals surface area contributed by atoms with Crippen molar-refractivity contribution in [3.05, 3.63) is 123 Å². The molecule has 0 fully saturated rings. The Labute approximate surface area is 247 Å². The maximum Gasteiger partial charge on any atom is 0.0233 e. The second-order valence-electron chi connectivity index (χ2n) is 6.68. The summed E-state index contributed by atoms with van der Waals surface area (Å²) in [4.78, 5) is 0. The number of benzene rings is 2. The molecule has 0 aromatic heterocycles. The first-order valence-corrected chi connectivity index (χ1v) is 8.88. The van der Waals surface area contributed by atoms with Crippen molar-refractivity contribution < 1.29 is 98.1 Å². The van der Waals surface area contributed by atoms with Gasteiger partial charge < -0.3 is 16.4 Å². The number of hydrogen-bond acceptors (Lipinski definition) is 1. The third kappa shape index (κ3) is 5.57. The topological polar surface area (TPSA) is 40.2 Å². The largest absolute Gasteiger partial charge is 0.802 e. The predicted molar refractivity (Wildman–Crippen MR) is 107 cm³/mol. The molecular weight excluding hydrogens is 585 g/mol. The van der Waals surface area contributed by atoms with Gasteiger partial charge in [-0.05, 0) is 30.0 Å². The summed E-state index contributed by atoms with van der Waals surface area (Å²) in [5, 5.41) is 0. The molecule has 2 aromatic rings. The Bertz CT molecular complexity index is 975. The van der Waals surface area contributed by atoms with Gasteiger partial charge in [-0.15, -0.1) is 34.9 Å². The molecule has 137 valence electrons. The fraction of sp³-hybridized carbons (Fsp3) is 0.0870. The number of nitrogens with zero attached hydrogens (tertiary/aromatic N) is 2. The summed E-state index contributed by atoms with van der Waals surface area (Å²) in [5.74, 6) is 0. The Kier molecular flexibility index (Phi) is 10.4. The minimum Gasteiger partial charge on any atom is -0.802 e. The fourth-order valence-corrected chi connectivity index (χ4v) is 3.62. The van der Waals surface area contributed by atoms with Crippen molar-refractivity contribution in [3.8, 4) is 0 Å². The maximum atomic E-state index is 4.46. The van der Waals surface area contributed by atoms with E-state index in [4.69, 9.17) is 0 Å². The van der Waals surface area contributed by atoms with Gasteiger partial charge in [-0.3, -0.25) is 0 Å². The molecule has 0 spiro atoms. The minimum atomic E-state index is 0. The third-order valence-corrected chi connectivity index (χ3v) is 5.01. The summed E-state index contributed by atoms with van der Waals surface area (Å²) >= 11 is 0. The molecule has 1 N–H and O–H groups in total. The van der Waals surface area contributed by atoms with E-state index in [-0.39, 0.29) is 98.1 Å². The van der Waals surface area contributed by atoms with Crippen LogP contribution in [0.25, 0.3) is 17.0 Å². The van der Waals surface area contributed by atoms with E-state index in [0.29, 0.717) is 0 Å². The monoisotopic (exact) mass is 603 g/mol. The van der Waals surface area contributed by atoms with Gasteiger partial charge in [0.1, 0.15) is 0 Å². The quantitative estimate of drug-likeness (QED) is 0.329. The van der Waals surface area contributed by atoms with Crippen molar-refractivity contribution in [2.45, 2.75) is 12.8 Å². The molecule has 2 aromatic carbocycles. The van der Waals surface area contributed by atoms with Gasteiger partial charge >= 0.3 is 0 Å². The molecule has 3 aliphatic carbocycles. The van der Waals surface area contributed by atoms with E-state index in [1.165, 1.54) is 27.8 Å². The zero-order valence-corrected chi connectivity index (χ0v) is 24.6. The first-order chi connectivity index (χ1) is 12.9. The van der Waals surface area contributed by atoms with Crippen LogP contribution in [0.3, 0.4) is 0 Å². The number of rotatable bonds is 6. The van der Waals surface area contributed by atoms with Crippen LogP contribution in [0.5, 0.6) is 0 Å². The Morgan fingerprint density at radius 3 is 2.55 bits per heavy atom. The Hall–Kier alpha value is 0.302. The van der Waals surface area contributed by atoms with E-state index in [9.17, 15) is 0 Å². The molecule has 0 atom stereocenters. The third-order valence-electron chi connectivity index (χ3n) is 5.01. The number of nitrogens with one attached hydrogen (secondary N) is 1. The molecule has 5 rings (SSSR count). The molecular formula is C23H18N3Y3-3. The average molecular weight is 603 g/mol. The van der Waals surface area contributed by atoms with E-state index in [2.05, 4.69) is 83.2 Å². The van der Waals surface area contributed by atoms with Crippen LogP contribution < -0.4 is 5.43 Å². The molecule has 0 amide bonds. The van der Waals surface area contributed by atoms with Crippen molar-refractivity contribution in [2.75, 3.05) is 5.43 Å². The van der Waals surface area contributed by atoms with E-state index < -0.39 is 0 Å². The van der Waals surface area contributed by atoms with Gasteiger partial charge in [-0.2, -0.15) is 0 Å². The van der Waals surface area contributed by atoms with Crippen LogP contribution in [0.15, 0.2) is 89.6 Å². The summed E-state index contributed by atoms with van der Waals surface area (Å²) in [6.45, 7) is 0. The van der Waals surface area contributed by atoms with Crippen LogP contribution in [-0.4, -0.2) is 0 Å². The van der Waals surface area contributed by atoms with Gasteiger partial charge in [0, 0.05) is 104 Å². The molecule has 3 radical (unpaired) electrons. The van der Waals surface area contributed by atoms with Gasteiger partial charge in [0.05, 0.1) is 0 Å². The minimum absolute atomic E-state index is 0. The first-order valence-electron chi connectivity index (χ1n) is 8.88. The molecule has 2 bridgehead atoms. The molecule has 0 unspecified atom stereocenters.